The fraction of sp³-hybridized carbons (Fsp3) is 0.308. The maximum Gasteiger partial charge on any atom is 0.0935 e. The lowest BCUT2D eigenvalue weighted by Crippen LogP contribution is -1.86. The number of aromatic nitrogens is 1. The molecule has 0 unspecified atom stereocenters. The van der Waals surface area contributed by atoms with Crippen molar-refractivity contribution in [2.75, 3.05) is 0 Å². The molecule has 1 aromatic heterocycles. The summed E-state index contributed by atoms with van der Waals surface area (Å²) in [7, 11) is 0. The van der Waals surface area contributed by atoms with Crippen LogP contribution in [0.25, 0.3) is 11.3 Å². The molecule has 1 aliphatic carbocycles. The minimum atomic E-state index is 0.915. The second-order valence-corrected chi connectivity index (χ2v) is 6.05. The third-order valence-electron chi connectivity index (χ3n) is 2.86. The van der Waals surface area contributed by atoms with E-state index in [4.69, 9.17) is 4.98 Å². The highest BCUT2D eigenvalue weighted by Crippen LogP contribution is 2.35. The van der Waals surface area contributed by atoms with Crippen molar-refractivity contribution in [2.24, 2.45) is 5.92 Å². The van der Waals surface area contributed by atoms with E-state index in [0.29, 0.717) is 0 Å². The Morgan fingerprint density at radius 1 is 1.31 bits per heavy atom. The zero-order chi connectivity index (χ0) is 11.0. The van der Waals surface area contributed by atoms with E-state index in [0.717, 1.165) is 16.1 Å². The Balaban J connectivity index is 1.88. The van der Waals surface area contributed by atoms with Crippen LogP contribution in [0.4, 0.5) is 0 Å². The molecule has 1 aromatic carbocycles. The first kappa shape index (κ1) is 10.5. The molecular formula is C13H12BrNS. The Kier molecular flexibility index (Phi) is 2.82. The molecule has 0 atom stereocenters. The van der Waals surface area contributed by atoms with E-state index in [9.17, 15) is 0 Å². The fourth-order valence-electron chi connectivity index (χ4n) is 1.77. The lowest BCUT2D eigenvalue weighted by Gasteiger charge is -1.99. The monoisotopic (exact) mass is 293 g/mol. The summed E-state index contributed by atoms with van der Waals surface area (Å²) < 4.78 is 1.12. The second kappa shape index (κ2) is 4.30. The van der Waals surface area contributed by atoms with Gasteiger partial charge in [-0.2, -0.15) is 0 Å². The molecule has 0 aliphatic heterocycles. The van der Waals surface area contributed by atoms with Crippen molar-refractivity contribution in [2.45, 2.75) is 19.3 Å². The molecule has 3 heteroatoms. The Labute approximate surface area is 108 Å². The summed E-state index contributed by atoms with van der Waals surface area (Å²) in [5.74, 6) is 0.915. The van der Waals surface area contributed by atoms with E-state index in [-0.39, 0.29) is 0 Å². The van der Waals surface area contributed by atoms with Gasteiger partial charge in [0.25, 0.3) is 0 Å². The Morgan fingerprint density at radius 3 is 2.88 bits per heavy atom. The number of hydrogen-bond donors (Lipinski definition) is 0. The fourth-order valence-corrected chi connectivity index (χ4v) is 3.16. The lowest BCUT2D eigenvalue weighted by molar-refractivity contribution is 0.825. The quantitative estimate of drug-likeness (QED) is 0.810. The summed E-state index contributed by atoms with van der Waals surface area (Å²) >= 11 is 5.36. The van der Waals surface area contributed by atoms with Crippen LogP contribution in [0, 0.1) is 5.92 Å². The van der Waals surface area contributed by atoms with E-state index in [1.54, 1.807) is 11.3 Å². The largest absolute Gasteiger partial charge is 0.241 e. The van der Waals surface area contributed by atoms with Gasteiger partial charge in [0.05, 0.1) is 10.7 Å². The average Bonchev–Trinajstić information content (AvgIpc) is 2.97. The summed E-state index contributed by atoms with van der Waals surface area (Å²) in [5, 5.41) is 3.45. The van der Waals surface area contributed by atoms with Gasteiger partial charge in [0.2, 0.25) is 0 Å². The summed E-state index contributed by atoms with van der Waals surface area (Å²) in [6, 6.07) is 8.26. The van der Waals surface area contributed by atoms with Gasteiger partial charge in [0.15, 0.2) is 0 Å². The highest BCUT2D eigenvalue weighted by Gasteiger charge is 2.23. The van der Waals surface area contributed by atoms with Gasteiger partial charge in [0.1, 0.15) is 0 Å². The van der Waals surface area contributed by atoms with Crippen molar-refractivity contribution in [3.8, 4) is 11.3 Å². The highest BCUT2D eigenvalue weighted by molar-refractivity contribution is 9.10. The van der Waals surface area contributed by atoms with Gasteiger partial charge in [-0.15, -0.1) is 11.3 Å². The summed E-state index contributed by atoms with van der Waals surface area (Å²) in [4.78, 5) is 4.71. The van der Waals surface area contributed by atoms with Crippen molar-refractivity contribution in [3.05, 3.63) is 39.1 Å². The minimum Gasteiger partial charge on any atom is -0.241 e. The highest BCUT2D eigenvalue weighted by atomic mass is 79.9. The van der Waals surface area contributed by atoms with E-state index in [2.05, 4.69) is 39.5 Å². The third-order valence-corrected chi connectivity index (χ3v) is 4.42. The summed E-state index contributed by atoms with van der Waals surface area (Å²) in [5.41, 5.74) is 2.30. The Bertz CT molecular complexity index is 502. The van der Waals surface area contributed by atoms with E-state index in [1.165, 1.54) is 29.8 Å². The number of nitrogens with zero attached hydrogens (tertiary/aromatic N) is 1. The molecule has 0 amide bonds. The molecule has 1 fully saturated rings. The zero-order valence-corrected chi connectivity index (χ0v) is 11.2. The molecule has 16 heavy (non-hydrogen) atoms. The minimum absolute atomic E-state index is 0.915. The van der Waals surface area contributed by atoms with Crippen LogP contribution in [0.3, 0.4) is 0 Å². The second-order valence-electron chi connectivity index (χ2n) is 4.25. The van der Waals surface area contributed by atoms with Crippen LogP contribution in [-0.2, 0) is 6.42 Å². The van der Waals surface area contributed by atoms with Crippen LogP contribution in [-0.4, -0.2) is 4.98 Å². The lowest BCUT2D eigenvalue weighted by atomic mass is 10.2. The van der Waals surface area contributed by atoms with E-state index >= 15 is 0 Å². The van der Waals surface area contributed by atoms with Gasteiger partial charge in [-0.05, 0) is 24.8 Å². The molecule has 0 spiro atoms. The molecule has 1 heterocycles. The molecule has 0 bridgehead atoms. The molecule has 1 nitrogen and oxygen atoms in total. The van der Waals surface area contributed by atoms with Crippen LogP contribution in [0.1, 0.15) is 17.8 Å². The number of thiazole rings is 1. The van der Waals surface area contributed by atoms with Gasteiger partial charge in [-0.1, -0.05) is 34.1 Å². The smallest absolute Gasteiger partial charge is 0.0935 e. The van der Waals surface area contributed by atoms with Crippen molar-refractivity contribution in [3.63, 3.8) is 0 Å². The van der Waals surface area contributed by atoms with E-state index < -0.39 is 0 Å². The number of benzene rings is 1. The molecule has 0 radical (unpaired) electrons. The predicted molar refractivity (Wildman–Crippen MR) is 71.7 cm³/mol. The molecule has 0 N–H and O–H groups in total. The number of hydrogen-bond acceptors (Lipinski definition) is 2. The van der Waals surface area contributed by atoms with Crippen molar-refractivity contribution in [1.29, 1.82) is 0 Å². The first-order valence-electron chi connectivity index (χ1n) is 5.52. The van der Waals surface area contributed by atoms with Crippen molar-refractivity contribution >= 4 is 27.3 Å². The van der Waals surface area contributed by atoms with Crippen LogP contribution in [0.2, 0.25) is 0 Å². The third kappa shape index (κ3) is 2.20. The normalized spacial score (nSPS) is 15.3. The first-order chi connectivity index (χ1) is 7.83. The SMILES string of the molecule is Brc1ccccc1-c1csc(CC2CC2)n1. The summed E-state index contributed by atoms with van der Waals surface area (Å²) in [6.07, 6.45) is 3.96. The summed E-state index contributed by atoms with van der Waals surface area (Å²) in [6.45, 7) is 0. The van der Waals surface area contributed by atoms with Crippen molar-refractivity contribution < 1.29 is 0 Å². The van der Waals surface area contributed by atoms with E-state index in [1.807, 2.05) is 6.07 Å². The van der Waals surface area contributed by atoms with Crippen LogP contribution in [0.15, 0.2) is 34.1 Å². The molecular weight excluding hydrogens is 282 g/mol. The van der Waals surface area contributed by atoms with Gasteiger partial charge in [-0.3, -0.25) is 0 Å². The van der Waals surface area contributed by atoms with Crippen LogP contribution < -0.4 is 0 Å². The van der Waals surface area contributed by atoms with Gasteiger partial charge in [-0.25, -0.2) is 4.98 Å². The van der Waals surface area contributed by atoms with Gasteiger partial charge < -0.3 is 0 Å². The molecule has 1 saturated carbocycles. The molecule has 82 valence electrons. The molecule has 0 saturated heterocycles. The zero-order valence-electron chi connectivity index (χ0n) is 8.82. The Morgan fingerprint density at radius 2 is 2.12 bits per heavy atom. The van der Waals surface area contributed by atoms with Crippen LogP contribution in [0.5, 0.6) is 0 Å². The average molecular weight is 294 g/mol. The number of rotatable bonds is 3. The maximum atomic E-state index is 4.71. The molecule has 2 aromatic rings. The first-order valence-corrected chi connectivity index (χ1v) is 7.19. The predicted octanol–water partition coefficient (Wildman–Crippen LogP) is 4.53. The molecule has 3 rings (SSSR count). The van der Waals surface area contributed by atoms with Gasteiger partial charge in [0, 0.05) is 21.8 Å². The molecule has 1 aliphatic rings. The van der Waals surface area contributed by atoms with Crippen LogP contribution >= 0.6 is 27.3 Å². The van der Waals surface area contributed by atoms with Crippen molar-refractivity contribution in [1.82, 2.24) is 4.98 Å². The number of halogens is 1. The maximum absolute atomic E-state index is 4.71. The Hall–Kier alpha value is -0.670. The standard InChI is InChI=1S/C13H12BrNS/c14-11-4-2-1-3-10(11)12-8-16-13(15-12)7-9-5-6-9/h1-4,8-9H,5-7H2. The topological polar surface area (TPSA) is 12.9 Å². The van der Waals surface area contributed by atoms with Gasteiger partial charge >= 0.3 is 0 Å².